The molecule has 0 rings (SSSR count). The SMILES string of the molecule is CCC(C)(C)C(Br)C(=O)C(Br)C(C)(C)CC. The second-order valence-corrected chi connectivity index (χ2v) is 7.64. The van der Waals surface area contributed by atoms with Gasteiger partial charge >= 0.3 is 0 Å². The fourth-order valence-electron chi connectivity index (χ4n) is 1.26. The minimum Gasteiger partial charge on any atom is -0.297 e. The fourth-order valence-corrected chi connectivity index (χ4v) is 2.79. The minimum atomic E-state index is -0.0831. The molecule has 0 N–H and O–H groups in total. The lowest BCUT2D eigenvalue weighted by atomic mass is 9.78. The Labute approximate surface area is 117 Å². The van der Waals surface area contributed by atoms with Crippen molar-refractivity contribution in [1.82, 2.24) is 0 Å². The Bertz CT molecular complexity index is 222. The predicted molar refractivity (Wildman–Crippen MR) is 78.6 cm³/mol. The Morgan fingerprint density at radius 3 is 1.38 bits per heavy atom. The molecule has 0 aromatic heterocycles. The number of halogens is 2. The van der Waals surface area contributed by atoms with Gasteiger partial charge in [0.15, 0.2) is 5.78 Å². The highest BCUT2D eigenvalue weighted by Crippen LogP contribution is 2.38. The molecular weight excluding hydrogens is 332 g/mol. The van der Waals surface area contributed by atoms with Crippen molar-refractivity contribution in [3.63, 3.8) is 0 Å². The summed E-state index contributed by atoms with van der Waals surface area (Å²) in [6.45, 7) is 12.8. The lowest BCUT2D eigenvalue weighted by Gasteiger charge is -2.34. The van der Waals surface area contributed by atoms with E-state index in [-0.39, 0.29) is 26.3 Å². The van der Waals surface area contributed by atoms with E-state index < -0.39 is 0 Å². The molecule has 96 valence electrons. The molecular formula is C13H24Br2O. The molecule has 0 aromatic rings. The zero-order valence-corrected chi connectivity index (χ0v) is 14.4. The molecule has 0 bridgehead atoms. The topological polar surface area (TPSA) is 17.1 Å². The van der Waals surface area contributed by atoms with Gasteiger partial charge in [-0.05, 0) is 23.7 Å². The third kappa shape index (κ3) is 3.83. The van der Waals surface area contributed by atoms with Crippen molar-refractivity contribution in [2.75, 3.05) is 0 Å². The van der Waals surface area contributed by atoms with Crippen molar-refractivity contribution in [3.05, 3.63) is 0 Å². The maximum Gasteiger partial charge on any atom is 0.161 e. The maximum atomic E-state index is 12.4. The molecule has 3 heteroatoms. The first-order valence-corrected chi connectivity index (χ1v) is 7.75. The summed E-state index contributed by atoms with van der Waals surface area (Å²) in [7, 11) is 0. The number of Topliss-reactive ketones (excluding diaryl/α,β-unsaturated/α-hetero) is 1. The maximum absolute atomic E-state index is 12.4. The molecule has 0 saturated carbocycles. The largest absolute Gasteiger partial charge is 0.297 e. The van der Waals surface area contributed by atoms with Crippen molar-refractivity contribution in [3.8, 4) is 0 Å². The Hall–Kier alpha value is 0.630. The monoisotopic (exact) mass is 354 g/mol. The molecule has 0 aliphatic heterocycles. The van der Waals surface area contributed by atoms with E-state index in [1.807, 2.05) is 0 Å². The molecule has 0 aromatic carbocycles. The fraction of sp³-hybridized carbons (Fsp3) is 0.923. The molecule has 1 nitrogen and oxygen atoms in total. The number of hydrogen-bond acceptors (Lipinski definition) is 1. The van der Waals surface area contributed by atoms with Gasteiger partial charge in [-0.25, -0.2) is 0 Å². The number of carbonyl (C=O) groups is 1. The van der Waals surface area contributed by atoms with Crippen molar-refractivity contribution in [1.29, 1.82) is 0 Å². The van der Waals surface area contributed by atoms with Crippen molar-refractivity contribution < 1.29 is 4.79 Å². The van der Waals surface area contributed by atoms with Crippen molar-refractivity contribution in [2.24, 2.45) is 10.8 Å². The zero-order valence-electron chi connectivity index (χ0n) is 11.2. The number of hydrogen-bond donors (Lipinski definition) is 0. The van der Waals surface area contributed by atoms with Crippen LogP contribution in [-0.4, -0.2) is 15.4 Å². The summed E-state index contributed by atoms with van der Waals surface area (Å²) in [6.07, 6.45) is 1.97. The Kier molecular flexibility index (Phi) is 6.23. The van der Waals surface area contributed by atoms with Crippen LogP contribution in [0.4, 0.5) is 0 Å². The molecule has 0 heterocycles. The Morgan fingerprint density at radius 1 is 0.938 bits per heavy atom. The third-order valence-electron chi connectivity index (χ3n) is 3.69. The van der Waals surface area contributed by atoms with Gasteiger partial charge in [0, 0.05) is 0 Å². The summed E-state index contributed by atoms with van der Waals surface area (Å²) < 4.78 is 0. The molecule has 0 saturated heterocycles. The van der Waals surface area contributed by atoms with Crippen LogP contribution in [0.1, 0.15) is 54.4 Å². The van der Waals surface area contributed by atoms with Gasteiger partial charge in [-0.1, -0.05) is 73.4 Å². The van der Waals surface area contributed by atoms with Gasteiger partial charge < -0.3 is 0 Å². The normalized spacial score (nSPS) is 17.0. The smallest absolute Gasteiger partial charge is 0.161 e. The van der Waals surface area contributed by atoms with E-state index in [1.54, 1.807) is 0 Å². The van der Waals surface area contributed by atoms with Gasteiger partial charge in [0.05, 0.1) is 9.65 Å². The van der Waals surface area contributed by atoms with E-state index in [9.17, 15) is 4.79 Å². The highest BCUT2D eigenvalue weighted by atomic mass is 79.9. The van der Waals surface area contributed by atoms with E-state index in [4.69, 9.17) is 0 Å². The van der Waals surface area contributed by atoms with Gasteiger partial charge in [0.25, 0.3) is 0 Å². The number of carbonyl (C=O) groups excluding carboxylic acids is 1. The van der Waals surface area contributed by atoms with Crippen molar-refractivity contribution in [2.45, 2.75) is 64.0 Å². The van der Waals surface area contributed by atoms with E-state index in [0.717, 1.165) is 12.8 Å². The summed E-state index contributed by atoms with van der Waals surface area (Å²) in [5.74, 6) is 0.263. The third-order valence-corrected chi connectivity index (χ3v) is 7.08. The summed E-state index contributed by atoms with van der Waals surface area (Å²) >= 11 is 7.14. The zero-order chi connectivity index (χ0) is 13.1. The lowest BCUT2D eigenvalue weighted by Crippen LogP contribution is -2.41. The standard InChI is InChI=1S/C13H24Br2O/c1-7-12(3,4)10(14)9(16)11(15)13(5,6)8-2/h10-11H,7-8H2,1-6H3. The molecule has 0 spiro atoms. The van der Waals surface area contributed by atoms with Crippen molar-refractivity contribution >= 4 is 37.6 Å². The van der Waals surface area contributed by atoms with Crippen LogP contribution in [0.25, 0.3) is 0 Å². The van der Waals surface area contributed by atoms with Gasteiger partial charge in [0.1, 0.15) is 0 Å². The summed E-state index contributed by atoms with van der Waals surface area (Å²) in [5, 5.41) is 0. The summed E-state index contributed by atoms with van der Waals surface area (Å²) in [6, 6.07) is 0. The first kappa shape index (κ1) is 16.6. The quantitative estimate of drug-likeness (QED) is 0.615. The molecule has 2 atom stereocenters. The van der Waals surface area contributed by atoms with Crippen LogP contribution in [0, 0.1) is 10.8 Å². The van der Waals surface area contributed by atoms with Gasteiger partial charge in [-0.2, -0.15) is 0 Å². The van der Waals surface area contributed by atoms with Crippen LogP contribution in [0.5, 0.6) is 0 Å². The molecule has 0 amide bonds. The van der Waals surface area contributed by atoms with Crippen LogP contribution in [0.3, 0.4) is 0 Å². The Morgan fingerprint density at radius 2 is 1.19 bits per heavy atom. The average Bonchev–Trinajstić information content (AvgIpc) is 2.25. The van der Waals surface area contributed by atoms with E-state index in [0.29, 0.717) is 0 Å². The average molecular weight is 356 g/mol. The number of alkyl halides is 2. The molecule has 0 fully saturated rings. The molecule has 0 aliphatic rings. The van der Waals surface area contributed by atoms with E-state index >= 15 is 0 Å². The van der Waals surface area contributed by atoms with Gasteiger partial charge in [-0.15, -0.1) is 0 Å². The van der Waals surface area contributed by atoms with E-state index in [1.165, 1.54) is 0 Å². The highest BCUT2D eigenvalue weighted by Gasteiger charge is 2.39. The molecule has 16 heavy (non-hydrogen) atoms. The van der Waals surface area contributed by atoms with Crippen LogP contribution < -0.4 is 0 Å². The molecule has 2 unspecified atom stereocenters. The minimum absolute atomic E-state index is 0.00687. The summed E-state index contributed by atoms with van der Waals surface area (Å²) in [4.78, 5) is 12.2. The first-order chi connectivity index (χ1) is 7.10. The van der Waals surface area contributed by atoms with Gasteiger partial charge in [0.2, 0.25) is 0 Å². The summed E-state index contributed by atoms with van der Waals surface area (Å²) in [5.41, 5.74) is 0.0137. The number of rotatable bonds is 6. The number of ketones is 1. The lowest BCUT2D eigenvalue weighted by molar-refractivity contribution is -0.121. The van der Waals surface area contributed by atoms with Gasteiger partial charge in [-0.3, -0.25) is 4.79 Å². The van der Waals surface area contributed by atoms with Crippen LogP contribution in [0.15, 0.2) is 0 Å². The molecule has 0 radical (unpaired) electrons. The highest BCUT2D eigenvalue weighted by molar-refractivity contribution is 9.10. The molecule has 0 aliphatic carbocycles. The van der Waals surface area contributed by atoms with Crippen LogP contribution >= 0.6 is 31.9 Å². The van der Waals surface area contributed by atoms with Crippen LogP contribution in [-0.2, 0) is 4.79 Å². The van der Waals surface area contributed by atoms with E-state index in [2.05, 4.69) is 73.4 Å². The Balaban J connectivity index is 4.82. The predicted octanol–water partition coefficient (Wildman–Crippen LogP) is 4.95. The second-order valence-electron chi connectivity index (χ2n) is 5.81. The second kappa shape index (κ2) is 5.99. The first-order valence-electron chi connectivity index (χ1n) is 5.92. The van der Waals surface area contributed by atoms with Crippen LogP contribution in [0.2, 0.25) is 0 Å².